The first-order chi connectivity index (χ1) is 9.24. The Bertz CT molecular complexity index is 524. The topological polar surface area (TPSA) is 55.9 Å². The molecule has 1 aromatic carbocycles. The van der Waals surface area contributed by atoms with Crippen molar-refractivity contribution in [2.45, 2.75) is 32.4 Å². The number of aryl methyl sites for hydroxylation is 1. The molecule has 2 rings (SSSR count). The largest absolute Gasteiger partial charge is 0.335 e. The number of hydrogen-bond donors (Lipinski definition) is 2. The zero-order valence-corrected chi connectivity index (χ0v) is 11.8. The van der Waals surface area contributed by atoms with Crippen molar-refractivity contribution in [2.24, 2.45) is 5.84 Å². The molecular formula is C14H19ClN4. The van der Waals surface area contributed by atoms with E-state index in [0.717, 1.165) is 35.8 Å². The van der Waals surface area contributed by atoms with Crippen LogP contribution in [0, 0.1) is 0 Å². The number of imidazole rings is 1. The van der Waals surface area contributed by atoms with Gasteiger partial charge >= 0.3 is 0 Å². The second kappa shape index (κ2) is 6.70. The smallest absolute Gasteiger partial charge is 0.110 e. The summed E-state index contributed by atoms with van der Waals surface area (Å²) >= 11 is 6.02. The first-order valence-electron chi connectivity index (χ1n) is 6.46. The summed E-state index contributed by atoms with van der Waals surface area (Å²) in [6.07, 6.45) is 5.66. The monoisotopic (exact) mass is 278 g/mol. The molecule has 4 nitrogen and oxygen atoms in total. The number of nitrogens with zero attached hydrogens (tertiary/aromatic N) is 2. The van der Waals surface area contributed by atoms with Crippen molar-refractivity contribution in [2.75, 3.05) is 0 Å². The highest BCUT2D eigenvalue weighted by molar-refractivity contribution is 6.30. The van der Waals surface area contributed by atoms with E-state index in [1.807, 2.05) is 36.7 Å². The van der Waals surface area contributed by atoms with Crippen LogP contribution in [0.15, 0.2) is 36.7 Å². The average molecular weight is 279 g/mol. The molecule has 0 fully saturated rings. The maximum absolute atomic E-state index is 6.02. The minimum Gasteiger partial charge on any atom is -0.335 e. The Labute approximate surface area is 118 Å². The molecule has 5 heteroatoms. The predicted molar refractivity (Wildman–Crippen MR) is 77.7 cm³/mol. The summed E-state index contributed by atoms with van der Waals surface area (Å²) < 4.78 is 2.16. The molecule has 1 atom stereocenters. The Morgan fingerprint density at radius 2 is 2.32 bits per heavy atom. The molecule has 0 amide bonds. The Morgan fingerprint density at radius 1 is 1.47 bits per heavy atom. The highest BCUT2D eigenvalue weighted by Gasteiger charge is 2.14. The molecule has 1 heterocycles. The predicted octanol–water partition coefficient (Wildman–Crippen LogP) is 2.69. The lowest BCUT2D eigenvalue weighted by atomic mass is 10.0. The molecule has 0 aliphatic rings. The lowest BCUT2D eigenvalue weighted by Crippen LogP contribution is -2.30. The average Bonchev–Trinajstić information content (AvgIpc) is 2.84. The number of nitrogens with two attached hydrogens (primary N) is 1. The fourth-order valence-electron chi connectivity index (χ4n) is 2.15. The van der Waals surface area contributed by atoms with Gasteiger partial charge in [0.05, 0.1) is 6.04 Å². The van der Waals surface area contributed by atoms with E-state index in [9.17, 15) is 0 Å². The van der Waals surface area contributed by atoms with Crippen LogP contribution in [-0.2, 0) is 13.0 Å². The van der Waals surface area contributed by atoms with Crippen molar-refractivity contribution >= 4 is 11.6 Å². The van der Waals surface area contributed by atoms with Gasteiger partial charge in [0, 0.05) is 30.4 Å². The van der Waals surface area contributed by atoms with Crippen molar-refractivity contribution in [1.29, 1.82) is 0 Å². The van der Waals surface area contributed by atoms with Crippen LogP contribution in [0.1, 0.15) is 30.8 Å². The normalized spacial score (nSPS) is 12.6. The fraction of sp³-hybridized carbons (Fsp3) is 0.357. The van der Waals surface area contributed by atoms with E-state index in [1.54, 1.807) is 0 Å². The lowest BCUT2D eigenvalue weighted by Gasteiger charge is -2.17. The second-order valence-electron chi connectivity index (χ2n) is 4.52. The summed E-state index contributed by atoms with van der Waals surface area (Å²) in [4.78, 5) is 4.40. The molecule has 0 radical (unpaired) electrons. The summed E-state index contributed by atoms with van der Waals surface area (Å²) in [6, 6.07) is 7.75. The van der Waals surface area contributed by atoms with Crippen LogP contribution in [0.25, 0.3) is 0 Å². The van der Waals surface area contributed by atoms with Crippen LogP contribution in [0.3, 0.4) is 0 Å². The summed E-state index contributed by atoms with van der Waals surface area (Å²) in [7, 11) is 0. The standard InChI is InChI=1S/C14H19ClN4/c1-2-7-19-8-6-17-14(19)10-13(18-16)11-4-3-5-12(15)9-11/h3-6,8-9,13,18H,2,7,10,16H2,1H3. The number of aromatic nitrogens is 2. The zero-order valence-electron chi connectivity index (χ0n) is 11.0. The molecule has 0 saturated carbocycles. The zero-order chi connectivity index (χ0) is 13.7. The highest BCUT2D eigenvalue weighted by Crippen LogP contribution is 2.20. The van der Waals surface area contributed by atoms with E-state index in [1.165, 1.54) is 0 Å². The number of nitrogens with one attached hydrogen (secondary N) is 1. The molecule has 1 unspecified atom stereocenters. The molecule has 0 saturated heterocycles. The van der Waals surface area contributed by atoms with Crippen LogP contribution >= 0.6 is 11.6 Å². The minimum atomic E-state index is 0.0108. The van der Waals surface area contributed by atoms with Crippen molar-refractivity contribution in [3.63, 3.8) is 0 Å². The Kier molecular flexibility index (Phi) is 4.96. The van der Waals surface area contributed by atoms with E-state index >= 15 is 0 Å². The third kappa shape index (κ3) is 3.56. The Balaban J connectivity index is 2.17. The molecule has 19 heavy (non-hydrogen) atoms. The number of hydrazine groups is 1. The quantitative estimate of drug-likeness (QED) is 0.631. The van der Waals surface area contributed by atoms with E-state index < -0.39 is 0 Å². The SMILES string of the molecule is CCCn1ccnc1CC(NN)c1cccc(Cl)c1. The van der Waals surface area contributed by atoms with Gasteiger partial charge in [0.2, 0.25) is 0 Å². The molecule has 0 bridgehead atoms. The maximum Gasteiger partial charge on any atom is 0.110 e. The first-order valence-corrected chi connectivity index (χ1v) is 6.84. The Morgan fingerprint density at radius 3 is 3.00 bits per heavy atom. The van der Waals surface area contributed by atoms with Crippen LogP contribution in [-0.4, -0.2) is 9.55 Å². The van der Waals surface area contributed by atoms with Gasteiger partial charge in [-0.25, -0.2) is 4.98 Å². The molecule has 1 aromatic heterocycles. The second-order valence-corrected chi connectivity index (χ2v) is 4.95. The summed E-state index contributed by atoms with van der Waals surface area (Å²) in [6.45, 7) is 3.13. The molecule has 0 spiro atoms. The summed E-state index contributed by atoms with van der Waals surface area (Å²) in [5.41, 5.74) is 3.91. The molecule has 0 aliphatic heterocycles. The van der Waals surface area contributed by atoms with Crippen molar-refractivity contribution in [1.82, 2.24) is 15.0 Å². The molecular weight excluding hydrogens is 260 g/mol. The van der Waals surface area contributed by atoms with Crippen LogP contribution in [0.4, 0.5) is 0 Å². The van der Waals surface area contributed by atoms with Gasteiger partial charge in [-0.3, -0.25) is 11.3 Å². The minimum absolute atomic E-state index is 0.0108. The van der Waals surface area contributed by atoms with Gasteiger partial charge in [-0.05, 0) is 24.1 Å². The third-order valence-electron chi connectivity index (χ3n) is 3.11. The van der Waals surface area contributed by atoms with Crippen molar-refractivity contribution < 1.29 is 0 Å². The van der Waals surface area contributed by atoms with Gasteiger partial charge in [-0.1, -0.05) is 30.7 Å². The van der Waals surface area contributed by atoms with Crippen molar-refractivity contribution in [3.05, 3.63) is 53.1 Å². The summed E-state index contributed by atoms with van der Waals surface area (Å²) in [5, 5.41) is 0.717. The summed E-state index contributed by atoms with van der Waals surface area (Å²) in [5.74, 6) is 6.70. The van der Waals surface area contributed by atoms with E-state index in [-0.39, 0.29) is 6.04 Å². The van der Waals surface area contributed by atoms with Crippen molar-refractivity contribution in [3.8, 4) is 0 Å². The first kappa shape index (κ1) is 14.1. The van der Waals surface area contributed by atoms with E-state index in [2.05, 4.69) is 21.9 Å². The number of rotatable bonds is 6. The van der Waals surface area contributed by atoms with Gasteiger partial charge in [-0.15, -0.1) is 0 Å². The van der Waals surface area contributed by atoms with Gasteiger partial charge < -0.3 is 4.57 Å². The molecule has 2 aromatic rings. The van der Waals surface area contributed by atoms with E-state index in [0.29, 0.717) is 0 Å². The van der Waals surface area contributed by atoms with Gasteiger partial charge in [0.1, 0.15) is 5.82 Å². The van der Waals surface area contributed by atoms with Gasteiger partial charge in [0.25, 0.3) is 0 Å². The highest BCUT2D eigenvalue weighted by atomic mass is 35.5. The van der Waals surface area contributed by atoms with Crippen LogP contribution in [0.2, 0.25) is 5.02 Å². The molecule has 0 aliphatic carbocycles. The fourth-order valence-corrected chi connectivity index (χ4v) is 2.35. The molecule has 102 valence electrons. The maximum atomic E-state index is 6.02. The molecule has 3 N–H and O–H groups in total. The lowest BCUT2D eigenvalue weighted by molar-refractivity contribution is 0.517. The van der Waals surface area contributed by atoms with Crippen LogP contribution < -0.4 is 11.3 Å². The Hall–Kier alpha value is -1.36. The van der Waals surface area contributed by atoms with E-state index in [4.69, 9.17) is 17.4 Å². The number of hydrogen-bond acceptors (Lipinski definition) is 3. The number of benzene rings is 1. The van der Waals surface area contributed by atoms with Gasteiger partial charge in [0.15, 0.2) is 0 Å². The van der Waals surface area contributed by atoms with Crippen LogP contribution in [0.5, 0.6) is 0 Å². The number of halogens is 1. The third-order valence-corrected chi connectivity index (χ3v) is 3.34. The van der Waals surface area contributed by atoms with Gasteiger partial charge in [-0.2, -0.15) is 0 Å².